The molecule has 0 N–H and O–H groups in total. The van der Waals surface area contributed by atoms with Gasteiger partial charge in [0, 0.05) is 0 Å². The van der Waals surface area contributed by atoms with Crippen LogP contribution in [0.15, 0.2) is 12.2 Å². The minimum absolute atomic E-state index is 0.0507. The molecule has 0 unspecified atom stereocenters. The van der Waals surface area contributed by atoms with E-state index in [1.807, 2.05) is 13.0 Å². The van der Waals surface area contributed by atoms with Crippen LogP contribution in [0.5, 0.6) is 0 Å². The van der Waals surface area contributed by atoms with Crippen molar-refractivity contribution in [2.75, 3.05) is 11.5 Å². The summed E-state index contributed by atoms with van der Waals surface area (Å²) < 4.78 is 24.0. The maximum atomic E-state index is 12.0. The van der Waals surface area contributed by atoms with Crippen molar-refractivity contribution in [2.24, 2.45) is 16.7 Å². The average Bonchev–Trinajstić information content (AvgIpc) is 2.12. The van der Waals surface area contributed by atoms with Crippen molar-refractivity contribution in [3.63, 3.8) is 0 Å². The Hall–Kier alpha value is -0.310. The number of hydrogen-bond donors (Lipinski definition) is 0. The van der Waals surface area contributed by atoms with Gasteiger partial charge in [-0.2, -0.15) is 0 Å². The predicted molar refractivity (Wildman–Crippen MR) is 85.1 cm³/mol. The molecule has 0 amide bonds. The van der Waals surface area contributed by atoms with E-state index in [4.69, 9.17) is 0 Å². The van der Waals surface area contributed by atoms with E-state index < -0.39 is 9.84 Å². The van der Waals surface area contributed by atoms with Gasteiger partial charge in [-0.05, 0) is 29.6 Å². The Labute approximate surface area is 120 Å². The molecule has 0 saturated heterocycles. The van der Waals surface area contributed by atoms with Gasteiger partial charge in [0.1, 0.15) is 0 Å². The van der Waals surface area contributed by atoms with Crippen molar-refractivity contribution in [2.45, 2.75) is 61.3 Å². The van der Waals surface area contributed by atoms with Crippen molar-refractivity contribution in [3.8, 4) is 0 Å². The zero-order valence-corrected chi connectivity index (χ0v) is 14.6. The molecule has 0 heterocycles. The van der Waals surface area contributed by atoms with Crippen LogP contribution in [-0.2, 0) is 9.84 Å². The van der Waals surface area contributed by atoms with Crippen LogP contribution in [0.1, 0.15) is 61.3 Å². The standard InChI is InChI=1S/C16H32O2S/c1-14(16(5,6)7)13-19(17,18)12-10-8-9-11-15(2,3)4/h8-9,14H,10-13H2,1-7H3/b9-8+/t14-/m0/s1. The highest BCUT2D eigenvalue weighted by atomic mass is 32.2. The van der Waals surface area contributed by atoms with E-state index in [2.05, 4.69) is 47.6 Å². The van der Waals surface area contributed by atoms with E-state index >= 15 is 0 Å². The fourth-order valence-corrected chi connectivity index (χ4v) is 3.44. The Bertz CT molecular complexity index is 378. The number of sulfone groups is 1. The molecule has 0 rings (SSSR count). The van der Waals surface area contributed by atoms with Crippen LogP contribution in [0.2, 0.25) is 0 Å². The second kappa shape index (κ2) is 6.92. The van der Waals surface area contributed by atoms with Gasteiger partial charge in [-0.1, -0.05) is 60.6 Å². The lowest BCUT2D eigenvalue weighted by Gasteiger charge is -2.26. The van der Waals surface area contributed by atoms with E-state index in [9.17, 15) is 8.42 Å². The first-order valence-electron chi connectivity index (χ1n) is 7.19. The summed E-state index contributed by atoms with van der Waals surface area (Å²) in [5.74, 6) is 0.758. The molecule has 0 aromatic rings. The van der Waals surface area contributed by atoms with Crippen molar-refractivity contribution < 1.29 is 8.42 Å². The summed E-state index contributed by atoms with van der Waals surface area (Å²) in [6.45, 7) is 14.8. The molecule has 0 fully saturated rings. The van der Waals surface area contributed by atoms with Crippen LogP contribution in [0.25, 0.3) is 0 Å². The van der Waals surface area contributed by atoms with Crippen LogP contribution >= 0.6 is 0 Å². The molecule has 1 atom stereocenters. The Kier molecular flexibility index (Phi) is 6.80. The molecule has 0 radical (unpaired) electrons. The van der Waals surface area contributed by atoms with Crippen LogP contribution in [0.3, 0.4) is 0 Å². The van der Waals surface area contributed by atoms with Gasteiger partial charge < -0.3 is 0 Å². The number of hydrogen-bond acceptors (Lipinski definition) is 2. The lowest BCUT2D eigenvalue weighted by molar-refractivity contribution is 0.285. The third-order valence-corrected chi connectivity index (χ3v) is 5.34. The Morgan fingerprint density at radius 3 is 1.95 bits per heavy atom. The van der Waals surface area contributed by atoms with E-state index in [1.54, 1.807) is 0 Å². The first-order valence-corrected chi connectivity index (χ1v) is 9.01. The van der Waals surface area contributed by atoms with E-state index in [1.165, 1.54) is 0 Å². The Balaban J connectivity index is 4.20. The second-order valence-corrected chi connectivity index (χ2v) is 10.1. The molecule has 3 heteroatoms. The van der Waals surface area contributed by atoms with Gasteiger partial charge in [0.05, 0.1) is 11.5 Å². The molecule has 0 aliphatic carbocycles. The fraction of sp³-hybridized carbons (Fsp3) is 0.875. The highest BCUT2D eigenvalue weighted by Crippen LogP contribution is 2.26. The predicted octanol–water partition coefficient (Wildman–Crippen LogP) is 4.47. The topological polar surface area (TPSA) is 34.1 Å². The SMILES string of the molecule is C[C@@H](CS(=O)(=O)CC/C=C/CC(C)(C)C)C(C)(C)C. The van der Waals surface area contributed by atoms with Gasteiger partial charge in [0.15, 0.2) is 9.84 Å². The maximum absolute atomic E-state index is 12.0. The zero-order chi connectivity index (χ0) is 15.3. The minimum atomic E-state index is -2.93. The third-order valence-electron chi connectivity index (χ3n) is 3.47. The normalized spacial score (nSPS) is 15.9. The molecule has 0 aromatic heterocycles. The fourth-order valence-electron chi connectivity index (χ4n) is 1.52. The summed E-state index contributed by atoms with van der Waals surface area (Å²) in [5.41, 5.74) is 0.325. The van der Waals surface area contributed by atoms with Crippen LogP contribution < -0.4 is 0 Å². The van der Waals surface area contributed by atoms with Gasteiger partial charge >= 0.3 is 0 Å². The molecule has 2 nitrogen and oxygen atoms in total. The molecule has 0 aromatic carbocycles. The second-order valence-electron chi connectivity index (χ2n) is 7.91. The third kappa shape index (κ3) is 10.2. The summed E-state index contributed by atoms with van der Waals surface area (Å²) in [6, 6.07) is 0. The molecule has 0 bridgehead atoms. The highest BCUT2D eigenvalue weighted by molar-refractivity contribution is 7.91. The Morgan fingerprint density at radius 1 is 1.00 bits per heavy atom. The van der Waals surface area contributed by atoms with Gasteiger partial charge in [0.2, 0.25) is 0 Å². The van der Waals surface area contributed by atoms with Crippen molar-refractivity contribution in [1.29, 1.82) is 0 Å². The molecular weight excluding hydrogens is 256 g/mol. The summed E-state index contributed by atoms with van der Waals surface area (Å²) >= 11 is 0. The van der Waals surface area contributed by atoms with Crippen LogP contribution in [0.4, 0.5) is 0 Å². The molecule has 0 saturated carbocycles. The van der Waals surface area contributed by atoms with Gasteiger partial charge in [-0.25, -0.2) is 8.42 Å². The first kappa shape index (κ1) is 18.7. The quantitative estimate of drug-likeness (QED) is 0.676. The van der Waals surface area contributed by atoms with E-state index in [-0.39, 0.29) is 22.5 Å². The number of allylic oxidation sites excluding steroid dienone is 2. The Morgan fingerprint density at radius 2 is 1.53 bits per heavy atom. The zero-order valence-electron chi connectivity index (χ0n) is 13.8. The van der Waals surface area contributed by atoms with Gasteiger partial charge in [0.25, 0.3) is 0 Å². The summed E-state index contributed by atoms with van der Waals surface area (Å²) in [5, 5.41) is 0. The van der Waals surface area contributed by atoms with Crippen molar-refractivity contribution in [3.05, 3.63) is 12.2 Å². The highest BCUT2D eigenvalue weighted by Gasteiger charge is 2.25. The molecule has 0 aliphatic heterocycles. The van der Waals surface area contributed by atoms with Crippen LogP contribution in [0, 0.1) is 16.7 Å². The molecule has 0 spiro atoms. The maximum Gasteiger partial charge on any atom is 0.150 e. The van der Waals surface area contributed by atoms with Gasteiger partial charge in [-0.15, -0.1) is 0 Å². The molecular formula is C16H32O2S. The summed E-state index contributed by atoms with van der Waals surface area (Å²) in [7, 11) is -2.93. The van der Waals surface area contributed by atoms with Crippen molar-refractivity contribution >= 4 is 9.84 Å². The smallest absolute Gasteiger partial charge is 0.150 e. The largest absolute Gasteiger partial charge is 0.229 e. The molecule has 0 aliphatic rings. The summed E-state index contributed by atoms with van der Waals surface area (Å²) in [6.07, 6.45) is 5.73. The molecule has 19 heavy (non-hydrogen) atoms. The molecule has 114 valence electrons. The monoisotopic (exact) mass is 288 g/mol. The van der Waals surface area contributed by atoms with E-state index in [0.29, 0.717) is 12.2 Å². The van der Waals surface area contributed by atoms with Gasteiger partial charge in [-0.3, -0.25) is 0 Å². The minimum Gasteiger partial charge on any atom is -0.229 e. The first-order chi connectivity index (χ1) is 8.33. The lowest BCUT2D eigenvalue weighted by Crippen LogP contribution is -2.26. The average molecular weight is 288 g/mol. The summed E-state index contributed by atoms with van der Waals surface area (Å²) in [4.78, 5) is 0. The lowest BCUT2D eigenvalue weighted by atomic mass is 9.83. The number of rotatable bonds is 6. The van der Waals surface area contributed by atoms with Crippen LogP contribution in [-0.4, -0.2) is 19.9 Å². The van der Waals surface area contributed by atoms with Crippen molar-refractivity contribution in [1.82, 2.24) is 0 Å². The van der Waals surface area contributed by atoms with E-state index in [0.717, 1.165) is 6.42 Å².